The molecule has 1 aromatic carbocycles. The number of aliphatic hydroxyl groups excluding tert-OH is 1. The molecule has 0 aromatic heterocycles. The highest BCUT2D eigenvalue weighted by atomic mass is 16.2. The van der Waals surface area contributed by atoms with E-state index >= 15 is 0 Å². The van der Waals surface area contributed by atoms with E-state index in [0.29, 0.717) is 13.0 Å². The molecule has 0 aliphatic rings. The normalized spacial score (nSPS) is 10.3. The monoisotopic (exact) mass is 264 g/mol. The Morgan fingerprint density at radius 2 is 1.89 bits per heavy atom. The second kappa shape index (κ2) is 8.53. The molecule has 0 saturated carbocycles. The molecule has 0 aliphatic carbocycles. The second-order valence-corrected chi connectivity index (χ2v) is 4.84. The molecule has 0 aliphatic heterocycles. The van der Waals surface area contributed by atoms with E-state index < -0.39 is 0 Å². The van der Waals surface area contributed by atoms with Gasteiger partial charge in [-0.2, -0.15) is 0 Å². The molecule has 1 aromatic rings. The molecule has 0 bridgehead atoms. The maximum atomic E-state index is 11.6. The van der Waals surface area contributed by atoms with Crippen molar-refractivity contribution in [3.05, 3.63) is 29.8 Å². The van der Waals surface area contributed by atoms with Gasteiger partial charge in [-0.05, 0) is 37.0 Å². The number of hydrogen-bond donors (Lipinski definition) is 2. The number of rotatable bonds is 8. The smallest absolute Gasteiger partial charge is 0.220 e. The lowest BCUT2D eigenvalue weighted by molar-refractivity contribution is -0.121. The second-order valence-electron chi connectivity index (χ2n) is 4.84. The van der Waals surface area contributed by atoms with Crippen LogP contribution in [0.3, 0.4) is 0 Å². The summed E-state index contributed by atoms with van der Waals surface area (Å²) in [4.78, 5) is 13.6. The topological polar surface area (TPSA) is 52.6 Å². The Morgan fingerprint density at radius 1 is 1.21 bits per heavy atom. The van der Waals surface area contributed by atoms with Crippen molar-refractivity contribution >= 4 is 11.6 Å². The number of nitrogens with zero attached hydrogens (tertiary/aromatic N) is 1. The molecule has 0 heterocycles. The van der Waals surface area contributed by atoms with Gasteiger partial charge in [0.15, 0.2) is 0 Å². The average molecular weight is 264 g/mol. The van der Waals surface area contributed by atoms with Crippen LogP contribution in [0.4, 0.5) is 5.69 Å². The van der Waals surface area contributed by atoms with Crippen LogP contribution in [-0.4, -0.2) is 38.3 Å². The average Bonchev–Trinajstić information content (AvgIpc) is 2.42. The van der Waals surface area contributed by atoms with Gasteiger partial charge in [0.25, 0.3) is 0 Å². The van der Waals surface area contributed by atoms with E-state index in [9.17, 15) is 4.79 Å². The van der Waals surface area contributed by atoms with E-state index in [4.69, 9.17) is 5.11 Å². The van der Waals surface area contributed by atoms with Gasteiger partial charge in [0.1, 0.15) is 0 Å². The van der Waals surface area contributed by atoms with Gasteiger partial charge in [-0.3, -0.25) is 4.79 Å². The quantitative estimate of drug-likeness (QED) is 0.701. The minimum atomic E-state index is 0.0784. The molecule has 106 valence electrons. The van der Waals surface area contributed by atoms with Gasteiger partial charge in [0.2, 0.25) is 5.91 Å². The number of amides is 1. The molecule has 4 nitrogen and oxygen atoms in total. The molecular weight excluding hydrogens is 240 g/mol. The van der Waals surface area contributed by atoms with Crippen LogP contribution in [0.15, 0.2) is 24.3 Å². The predicted molar refractivity (Wildman–Crippen MR) is 78.4 cm³/mol. The van der Waals surface area contributed by atoms with Crippen molar-refractivity contribution in [2.45, 2.75) is 25.7 Å². The Balaban J connectivity index is 2.26. The molecule has 0 atom stereocenters. The van der Waals surface area contributed by atoms with Crippen LogP contribution in [0, 0.1) is 0 Å². The summed E-state index contributed by atoms with van der Waals surface area (Å²) in [6.07, 6.45) is 2.85. The highest BCUT2D eigenvalue weighted by Gasteiger charge is 2.02. The van der Waals surface area contributed by atoms with Crippen molar-refractivity contribution < 1.29 is 9.90 Å². The first kappa shape index (κ1) is 15.5. The SMILES string of the molecule is CN(C)c1ccc(CCC(=O)NCCCCO)cc1. The zero-order valence-electron chi connectivity index (χ0n) is 11.9. The summed E-state index contributed by atoms with van der Waals surface area (Å²) in [7, 11) is 4.02. The van der Waals surface area contributed by atoms with Gasteiger partial charge in [-0.25, -0.2) is 0 Å². The first-order chi connectivity index (χ1) is 9.13. The molecule has 4 heteroatoms. The van der Waals surface area contributed by atoms with Crippen molar-refractivity contribution in [1.29, 1.82) is 0 Å². The number of anilines is 1. The van der Waals surface area contributed by atoms with Gasteiger partial charge in [-0.15, -0.1) is 0 Å². The van der Waals surface area contributed by atoms with E-state index in [0.717, 1.165) is 24.9 Å². The molecule has 2 N–H and O–H groups in total. The lowest BCUT2D eigenvalue weighted by Crippen LogP contribution is -2.24. The number of carbonyl (C=O) groups excluding carboxylic acids is 1. The Hall–Kier alpha value is -1.55. The van der Waals surface area contributed by atoms with Gasteiger partial charge >= 0.3 is 0 Å². The zero-order valence-corrected chi connectivity index (χ0v) is 11.9. The van der Waals surface area contributed by atoms with Crippen molar-refractivity contribution in [2.75, 3.05) is 32.1 Å². The third-order valence-electron chi connectivity index (χ3n) is 3.00. The molecule has 19 heavy (non-hydrogen) atoms. The van der Waals surface area contributed by atoms with Gasteiger partial charge in [0.05, 0.1) is 0 Å². The fraction of sp³-hybridized carbons (Fsp3) is 0.533. The Morgan fingerprint density at radius 3 is 2.47 bits per heavy atom. The van der Waals surface area contributed by atoms with Crippen LogP contribution in [0.2, 0.25) is 0 Å². The van der Waals surface area contributed by atoms with Crippen molar-refractivity contribution in [1.82, 2.24) is 5.32 Å². The summed E-state index contributed by atoms with van der Waals surface area (Å²) >= 11 is 0. The number of nitrogens with one attached hydrogen (secondary N) is 1. The van der Waals surface area contributed by atoms with Crippen molar-refractivity contribution in [3.8, 4) is 0 Å². The lowest BCUT2D eigenvalue weighted by atomic mass is 10.1. The number of aryl methyl sites for hydroxylation is 1. The molecule has 0 unspecified atom stereocenters. The fourth-order valence-electron chi connectivity index (χ4n) is 1.77. The van der Waals surface area contributed by atoms with Gasteiger partial charge < -0.3 is 15.3 Å². The summed E-state index contributed by atoms with van der Waals surface area (Å²) in [5, 5.41) is 11.5. The molecule has 0 radical (unpaired) electrons. The van der Waals surface area contributed by atoms with E-state index in [1.54, 1.807) is 0 Å². The predicted octanol–water partition coefficient (Wildman–Crippen LogP) is 1.57. The van der Waals surface area contributed by atoms with Crippen molar-refractivity contribution in [2.24, 2.45) is 0 Å². The molecule has 0 spiro atoms. The molecule has 1 rings (SSSR count). The van der Waals surface area contributed by atoms with Gasteiger partial charge in [-0.1, -0.05) is 12.1 Å². The number of carbonyl (C=O) groups is 1. The van der Waals surface area contributed by atoms with Crippen LogP contribution in [-0.2, 0) is 11.2 Å². The summed E-state index contributed by atoms with van der Waals surface area (Å²) in [6.45, 7) is 0.840. The first-order valence-electron chi connectivity index (χ1n) is 6.77. The highest BCUT2D eigenvalue weighted by molar-refractivity contribution is 5.76. The van der Waals surface area contributed by atoms with Crippen LogP contribution >= 0.6 is 0 Å². The van der Waals surface area contributed by atoms with Crippen LogP contribution in [0.1, 0.15) is 24.8 Å². The molecular formula is C15H24N2O2. The number of benzene rings is 1. The summed E-state index contributed by atoms with van der Waals surface area (Å²) in [5.74, 6) is 0.0784. The van der Waals surface area contributed by atoms with Gasteiger partial charge in [0, 0.05) is 39.4 Å². The highest BCUT2D eigenvalue weighted by Crippen LogP contribution is 2.13. The van der Waals surface area contributed by atoms with E-state index in [1.807, 2.05) is 14.1 Å². The Kier molecular flexibility index (Phi) is 6.97. The maximum Gasteiger partial charge on any atom is 0.220 e. The largest absolute Gasteiger partial charge is 0.396 e. The van der Waals surface area contributed by atoms with Crippen LogP contribution in [0.5, 0.6) is 0 Å². The van der Waals surface area contributed by atoms with Crippen LogP contribution < -0.4 is 10.2 Å². The zero-order chi connectivity index (χ0) is 14.1. The minimum absolute atomic E-state index is 0.0784. The van der Waals surface area contributed by atoms with E-state index in [-0.39, 0.29) is 12.5 Å². The summed E-state index contributed by atoms with van der Waals surface area (Å²) in [6, 6.07) is 8.26. The number of hydrogen-bond acceptors (Lipinski definition) is 3. The summed E-state index contributed by atoms with van der Waals surface area (Å²) < 4.78 is 0. The third-order valence-corrected chi connectivity index (χ3v) is 3.00. The Labute approximate surface area is 115 Å². The maximum absolute atomic E-state index is 11.6. The number of aliphatic hydroxyl groups is 1. The molecule has 1 amide bonds. The van der Waals surface area contributed by atoms with Crippen molar-refractivity contribution in [3.63, 3.8) is 0 Å². The standard InChI is InChI=1S/C15H24N2O2/c1-17(2)14-8-5-13(6-9-14)7-10-15(19)16-11-3-4-12-18/h5-6,8-9,18H,3-4,7,10-12H2,1-2H3,(H,16,19). The lowest BCUT2D eigenvalue weighted by Gasteiger charge is -2.12. The molecule has 0 saturated heterocycles. The molecule has 0 fully saturated rings. The summed E-state index contributed by atoms with van der Waals surface area (Å²) in [5.41, 5.74) is 2.34. The van der Waals surface area contributed by atoms with E-state index in [1.165, 1.54) is 5.56 Å². The minimum Gasteiger partial charge on any atom is -0.396 e. The number of unbranched alkanes of at least 4 members (excludes halogenated alkanes) is 1. The first-order valence-corrected chi connectivity index (χ1v) is 6.77. The van der Waals surface area contributed by atoms with E-state index in [2.05, 4.69) is 34.5 Å². The van der Waals surface area contributed by atoms with Crippen LogP contribution in [0.25, 0.3) is 0 Å². The fourth-order valence-corrected chi connectivity index (χ4v) is 1.77. The third kappa shape index (κ3) is 6.25. The Bertz CT molecular complexity index is 374.